The number of benzene rings is 2. The van der Waals surface area contributed by atoms with Gasteiger partial charge in [-0.25, -0.2) is 0 Å². The van der Waals surface area contributed by atoms with Crippen LogP contribution in [0, 0.1) is 5.92 Å². The predicted octanol–water partition coefficient (Wildman–Crippen LogP) is 4.60. The van der Waals surface area contributed by atoms with E-state index in [1.165, 1.54) is 0 Å². The molecule has 4 heterocycles. The smallest absolute Gasteiger partial charge is 0.248 e. The molecule has 0 saturated carbocycles. The van der Waals surface area contributed by atoms with Crippen molar-refractivity contribution < 1.29 is 23.6 Å². The number of aliphatic imine (C=N–C) groups is 1. The first-order valence-corrected chi connectivity index (χ1v) is 16.5. The van der Waals surface area contributed by atoms with Crippen LogP contribution in [-0.4, -0.2) is 89.5 Å². The Labute approximate surface area is 269 Å². The van der Waals surface area contributed by atoms with Crippen LogP contribution in [0.4, 0.5) is 5.82 Å². The van der Waals surface area contributed by atoms with Gasteiger partial charge in [-0.05, 0) is 67.9 Å². The van der Waals surface area contributed by atoms with Crippen molar-refractivity contribution in [3.8, 4) is 11.1 Å². The normalized spacial score (nSPS) is 22.7. The average molecular weight is 629 g/mol. The Morgan fingerprint density at radius 1 is 1.02 bits per heavy atom. The zero-order valence-electron chi connectivity index (χ0n) is 27.1. The van der Waals surface area contributed by atoms with Gasteiger partial charge in [-0.3, -0.25) is 24.7 Å². The summed E-state index contributed by atoms with van der Waals surface area (Å²) in [6, 6.07) is 13.6. The third-order valence-corrected chi connectivity index (χ3v) is 9.76. The number of carbonyl (C=O) groups is 3. The lowest BCUT2D eigenvalue weighted by atomic mass is 10.0. The van der Waals surface area contributed by atoms with Gasteiger partial charge in [0.2, 0.25) is 17.7 Å². The molecule has 46 heavy (non-hydrogen) atoms. The number of nitrogens with zero attached hydrogens (tertiary/aromatic N) is 4. The fourth-order valence-electron chi connectivity index (χ4n) is 6.76. The molecule has 3 amide bonds. The molecule has 5 atom stereocenters. The van der Waals surface area contributed by atoms with E-state index >= 15 is 0 Å². The summed E-state index contributed by atoms with van der Waals surface area (Å²) in [5.74, 6) is 0.250. The van der Waals surface area contributed by atoms with E-state index in [-0.39, 0.29) is 48.4 Å². The zero-order valence-corrected chi connectivity index (χ0v) is 27.1. The van der Waals surface area contributed by atoms with E-state index in [4.69, 9.17) is 14.3 Å². The number of fused-ring (bicyclic) bond motifs is 1. The number of nitrogens with one attached hydrogen (secondary N) is 2. The SMILES string of the molecule is CCC(C)C(=O)N1CCCC1C1N=C(c2ccc(-c3ccc4onc(NC(=O)C5CCCN5C(=O)CC(C)OC)c4c3)cc2)CN1. The Morgan fingerprint density at radius 2 is 1.74 bits per heavy atom. The Morgan fingerprint density at radius 3 is 2.50 bits per heavy atom. The molecule has 0 radical (unpaired) electrons. The summed E-state index contributed by atoms with van der Waals surface area (Å²) in [6.45, 7) is 7.93. The van der Waals surface area contributed by atoms with Crippen LogP contribution in [0.5, 0.6) is 0 Å². The predicted molar refractivity (Wildman–Crippen MR) is 176 cm³/mol. The summed E-state index contributed by atoms with van der Waals surface area (Å²) in [4.78, 5) is 47.7. The second kappa shape index (κ2) is 13.7. The van der Waals surface area contributed by atoms with Crippen LogP contribution in [0.1, 0.15) is 64.9 Å². The third kappa shape index (κ3) is 6.43. The number of carbonyl (C=O) groups excluding carboxylic acids is 3. The van der Waals surface area contributed by atoms with Gasteiger partial charge < -0.3 is 24.4 Å². The molecule has 2 aromatic carbocycles. The quantitative estimate of drug-likeness (QED) is 0.336. The molecule has 2 fully saturated rings. The molecule has 2 N–H and O–H groups in total. The van der Waals surface area contributed by atoms with E-state index in [1.807, 2.05) is 36.9 Å². The number of amides is 3. The first kappa shape index (κ1) is 31.9. The highest BCUT2D eigenvalue weighted by Crippen LogP contribution is 2.31. The van der Waals surface area contributed by atoms with Crippen molar-refractivity contribution in [2.75, 3.05) is 32.1 Å². The number of aromatic nitrogens is 1. The van der Waals surface area contributed by atoms with Gasteiger partial charge in [0.1, 0.15) is 12.2 Å². The Hall–Kier alpha value is -4.09. The molecule has 6 rings (SSSR count). The van der Waals surface area contributed by atoms with E-state index in [0.717, 1.165) is 54.6 Å². The van der Waals surface area contributed by atoms with Crippen LogP contribution in [0.25, 0.3) is 22.1 Å². The molecule has 244 valence electrons. The van der Waals surface area contributed by atoms with Gasteiger partial charge in [-0.15, -0.1) is 0 Å². The number of hydrogen-bond acceptors (Lipinski definition) is 8. The lowest BCUT2D eigenvalue weighted by molar-refractivity contribution is -0.138. The Bertz CT molecular complexity index is 1620. The molecule has 0 spiro atoms. The average Bonchev–Trinajstić information content (AvgIpc) is 3.90. The zero-order chi connectivity index (χ0) is 32.4. The van der Waals surface area contributed by atoms with Crippen LogP contribution in [0.3, 0.4) is 0 Å². The molecule has 0 bridgehead atoms. The summed E-state index contributed by atoms with van der Waals surface area (Å²) in [5, 5.41) is 11.3. The van der Waals surface area contributed by atoms with E-state index < -0.39 is 6.04 Å². The van der Waals surface area contributed by atoms with Crippen molar-refractivity contribution in [3.63, 3.8) is 0 Å². The molecule has 3 aliphatic heterocycles. The summed E-state index contributed by atoms with van der Waals surface area (Å²) in [7, 11) is 1.57. The highest BCUT2D eigenvalue weighted by Gasteiger charge is 2.38. The topological polar surface area (TPSA) is 129 Å². The van der Waals surface area contributed by atoms with Crippen LogP contribution in [0.15, 0.2) is 52.0 Å². The van der Waals surface area contributed by atoms with Gasteiger partial charge in [-0.2, -0.15) is 0 Å². The van der Waals surface area contributed by atoms with Crippen LogP contribution < -0.4 is 10.6 Å². The molecular weight excluding hydrogens is 584 g/mol. The molecular formula is C35H44N6O5. The molecule has 2 saturated heterocycles. The fraction of sp³-hybridized carbons (Fsp3) is 0.514. The summed E-state index contributed by atoms with van der Waals surface area (Å²) < 4.78 is 10.8. The molecule has 3 aromatic rings. The standard InChI is InChI=1S/C35H44N6O5/c1-5-21(2)35(44)41-17-6-8-28(41)33-36-20-27(37-33)24-12-10-23(11-13-24)25-14-15-30-26(19-25)32(39-46-30)38-34(43)29-9-7-16-40(29)31(42)18-22(3)45-4/h10-15,19,21-22,28-29,33,36H,5-9,16-18,20H2,1-4H3,(H,38,39,43). The third-order valence-electron chi connectivity index (χ3n) is 9.76. The maximum atomic E-state index is 13.3. The van der Waals surface area contributed by atoms with Crippen LogP contribution in [0.2, 0.25) is 0 Å². The molecule has 11 heteroatoms. The van der Waals surface area contributed by atoms with E-state index in [2.05, 4.69) is 47.0 Å². The van der Waals surface area contributed by atoms with Crippen molar-refractivity contribution in [3.05, 3.63) is 48.0 Å². The second-order valence-electron chi connectivity index (χ2n) is 12.8. The van der Waals surface area contributed by atoms with Crippen molar-refractivity contribution >= 4 is 40.2 Å². The maximum absolute atomic E-state index is 13.3. The first-order valence-electron chi connectivity index (χ1n) is 16.5. The van der Waals surface area contributed by atoms with Crippen molar-refractivity contribution in [2.24, 2.45) is 10.9 Å². The number of anilines is 1. The number of hydrogen-bond donors (Lipinski definition) is 2. The minimum Gasteiger partial charge on any atom is -0.381 e. The number of likely N-dealkylation sites (tertiary alicyclic amines) is 2. The van der Waals surface area contributed by atoms with Gasteiger partial charge in [0, 0.05) is 32.7 Å². The highest BCUT2D eigenvalue weighted by atomic mass is 16.5. The maximum Gasteiger partial charge on any atom is 0.248 e. The van der Waals surface area contributed by atoms with Crippen molar-refractivity contribution in [1.82, 2.24) is 20.3 Å². The Balaban J connectivity index is 1.14. The number of ether oxygens (including phenoxy) is 1. The highest BCUT2D eigenvalue weighted by molar-refractivity contribution is 6.04. The van der Waals surface area contributed by atoms with Crippen molar-refractivity contribution in [1.29, 1.82) is 0 Å². The monoisotopic (exact) mass is 628 g/mol. The largest absolute Gasteiger partial charge is 0.381 e. The van der Waals surface area contributed by atoms with Gasteiger partial charge in [-0.1, -0.05) is 49.3 Å². The van der Waals surface area contributed by atoms with Crippen LogP contribution >= 0.6 is 0 Å². The van der Waals surface area contributed by atoms with Gasteiger partial charge in [0.05, 0.1) is 29.7 Å². The summed E-state index contributed by atoms with van der Waals surface area (Å²) >= 11 is 0. The van der Waals surface area contributed by atoms with E-state index in [9.17, 15) is 14.4 Å². The molecule has 0 aliphatic carbocycles. The van der Waals surface area contributed by atoms with Crippen LogP contribution in [-0.2, 0) is 19.1 Å². The van der Waals surface area contributed by atoms with Gasteiger partial charge in [0.15, 0.2) is 11.4 Å². The van der Waals surface area contributed by atoms with Gasteiger partial charge >= 0.3 is 0 Å². The molecule has 11 nitrogen and oxygen atoms in total. The first-order chi connectivity index (χ1) is 22.3. The fourth-order valence-corrected chi connectivity index (χ4v) is 6.76. The molecule has 3 aliphatic rings. The summed E-state index contributed by atoms with van der Waals surface area (Å²) in [6.07, 6.45) is 4.13. The van der Waals surface area contributed by atoms with Crippen molar-refractivity contribution in [2.45, 2.75) is 83.6 Å². The van der Waals surface area contributed by atoms with E-state index in [1.54, 1.807) is 12.0 Å². The van der Waals surface area contributed by atoms with E-state index in [0.29, 0.717) is 36.3 Å². The molecule has 5 unspecified atom stereocenters. The van der Waals surface area contributed by atoms with Gasteiger partial charge in [0.25, 0.3) is 0 Å². The number of methoxy groups -OCH3 is 1. The second-order valence-corrected chi connectivity index (χ2v) is 12.8. The minimum absolute atomic E-state index is 0.0333. The number of rotatable bonds is 10. The Kier molecular flexibility index (Phi) is 9.51. The lowest BCUT2D eigenvalue weighted by Crippen LogP contribution is -2.48. The lowest BCUT2D eigenvalue weighted by Gasteiger charge is -2.30. The molecule has 1 aromatic heterocycles. The minimum atomic E-state index is -0.552. The summed E-state index contributed by atoms with van der Waals surface area (Å²) in [5.41, 5.74) is 4.57.